The van der Waals surface area contributed by atoms with Crippen LogP contribution in [0, 0.1) is 0 Å². The molecule has 0 heterocycles. The van der Waals surface area contributed by atoms with Gasteiger partial charge in [0.1, 0.15) is 0 Å². The highest BCUT2D eigenvalue weighted by molar-refractivity contribution is 5.81. The zero-order valence-electron chi connectivity index (χ0n) is 19.3. The van der Waals surface area contributed by atoms with Gasteiger partial charge in [-0.2, -0.15) is 0 Å². The van der Waals surface area contributed by atoms with E-state index in [2.05, 4.69) is 47.1 Å². The Morgan fingerprint density at radius 3 is 2.41 bits per heavy atom. The number of allylic oxidation sites excluding steroid dienone is 2. The van der Waals surface area contributed by atoms with Gasteiger partial charge in [-0.15, -0.1) is 0 Å². The second kappa shape index (κ2) is 15.4. The van der Waals surface area contributed by atoms with Gasteiger partial charge in [0.15, 0.2) is 0 Å². The van der Waals surface area contributed by atoms with Gasteiger partial charge in [0, 0.05) is 25.7 Å². The van der Waals surface area contributed by atoms with Crippen molar-refractivity contribution < 1.29 is 19.0 Å². The van der Waals surface area contributed by atoms with Crippen molar-refractivity contribution in [2.75, 3.05) is 33.4 Å². The van der Waals surface area contributed by atoms with Crippen LogP contribution in [0.25, 0.3) is 0 Å². The van der Waals surface area contributed by atoms with Crippen molar-refractivity contribution in [1.82, 2.24) is 4.90 Å². The first-order valence-corrected chi connectivity index (χ1v) is 11.3. The van der Waals surface area contributed by atoms with Crippen LogP contribution in [0.1, 0.15) is 31.2 Å². The molecular weight excluding hydrogens is 402 g/mol. The molecule has 1 aliphatic carbocycles. The number of hydrogen-bond acceptors (Lipinski definition) is 5. The minimum atomic E-state index is -0.354. The minimum Gasteiger partial charge on any atom is -0.466 e. The molecule has 32 heavy (non-hydrogen) atoms. The van der Waals surface area contributed by atoms with Gasteiger partial charge in [-0.05, 0) is 36.8 Å². The van der Waals surface area contributed by atoms with Crippen molar-refractivity contribution in [1.29, 1.82) is 0 Å². The first-order chi connectivity index (χ1) is 15.6. The lowest BCUT2D eigenvalue weighted by atomic mass is 9.95. The lowest BCUT2D eigenvalue weighted by Gasteiger charge is -2.29. The molecule has 1 aromatic rings. The molecule has 1 aromatic carbocycles. The molecule has 0 unspecified atom stereocenters. The van der Waals surface area contributed by atoms with Crippen LogP contribution in [0.3, 0.4) is 0 Å². The van der Waals surface area contributed by atoms with Crippen LogP contribution in [0.15, 0.2) is 79.4 Å². The Morgan fingerprint density at radius 2 is 1.78 bits per heavy atom. The number of ether oxygens (including phenoxy) is 3. The summed E-state index contributed by atoms with van der Waals surface area (Å²) in [5, 5.41) is 0. The SMILES string of the molecule is C=C/C=C(\C=C)CN(CCOC1CCC(OC/C=C/C(=O)OC)CC1)Cc1ccccc1. The van der Waals surface area contributed by atoms with E-state index in [1.54, 1.807) is 12.2 Å². The number of methoxy groups -OCH3 is 1. The van der Waals surface area contributed by atoms with Gasteiger partial charge in [0.25, 0.3) is 0 Å². The molecule has 0 radical (unpaired) electrons. The second-order valence-corrected chi connectivity index (χ2v) is 7.91. The van der Waals surface area contributed by atoms with Crippen molar-refractivity contribution in [3.63, 3.8) is 0 Å². The fourth-order valence-electron chi connectivity index (χ4n) is 3.77. The molecule has 0 N–H and O–H groups in total. The van der Waals surface area contributed by atoms with Crippen LogP contribution in [0.5, 0.6) is 0 Å². The van der Waals surface area contributed by atoms with Crippen molar-refractivity contribution in [2.45, 2.75) is 44.4 Å². The molecule has 1 aliphatic rings. The highest BCUT2D eigenvalue weighted by Gasteiger charge is 2.22. The van der Waals surface area contributed by atoms with E-state index >= 15 is 0 Å². The maximum Gasteiger partial charge on any atom is 0.330 e. The summed E-state index contributed by atoms with van der Waals surface area (Å²) in [6, 6.07) is 10.5. The van der Waals surface area contributed by atoms with Gasteiger partial charge in [0.2, 0.25) is 0 Å². The van der Waals surface area contributed by atoms with Gasteiger partial charge in [-0.25, -0.2) is 4.79 Å². The van der Waals surface area contributed by atoms with E-state index in [0.717, 1.165) is 50.9 Å². The van der Waals surface area contributed by atoms with E-state index in [9.17, 15) is 4.79 Å². The van der Waals surface area contributed by atoms with Crippen LogP contribution < -0.4 is 0 Å². The zero-order chi connectivity index (χ0) is 23.0. The largest absolute Gasteiger partial charge is 0.466 e. The van der Waals surface area contributed by atoms with Crippen molar-refractivity contribution >= 4 is 5.97 Å². The third-order valence-electron chi connectivity index (χ3n) is 5.51. The molecule has 174 valence electrons. The van der Waals surface area contributed by atoms with Crippen LogP contribution in [0.2, 0.25) is 0 Å². The predicted molar refractivity (Wildman–Crippen MR) is 129 cm³/mol. The summed E-state index contributed by atoms with van der Waals surface area (Å²) in [5.41, 5.74) is 2.43. The lowest BCUT2D eigenvalue weighted by molar-refractivity contribution is -0.134. The van der Waals surface area contributed by atoms with E-state index in [0.29, 0.717) is 13.2 Å². The molecule has 1 saturated carbocycles. The van der Waals surface area contributed by atoms with Crippen LogP contribution in [0.4, 0.5) is 0 Å². The van der Waals surface area contributed by atoms with Crippen LogP contribution in [-0.2, 0) is 25.5 Å². The summed E-state index contributed by atoms with van der Waals surface area (Å²) in [4.78, 5) is 13.5. The Balaban J connectivity index is 1.74. The highest BCUT2D eigenvalue weighted by Crippen LogP contribution is 2.23. The molecule has 1 fully saturated rings. The van der Waals surface area contributed by atoms with Crippen LogP contribution >= 0.6 is 0 Å². The number of carbonyl (C=O) groups is 1. The van der Waals surface area contributed by atoms with Gasteiger partial charge in [0.05, 0.1) is 32.5 Å². The summed E-state index contributed by atoms with van der Waals surface area (Å²) >= 11 is 0. The average molecular weight is 440 g/mol. The van der Waals surface area contributed by atoms with Crippen molar-refractivity contribution in [3.05, 3.63) is 85.0 Å². The lowest BCUT2D eigenvalue weighted by Crippen LogP contribution is -2.32. The Hall–Kier alpha value is -2.47. The molecule has 0 aromatic heterocycles. The fourth-order valence-corrected chi connectivity index (χ4v) is 3.77. The minimum absolute atomic E-state index is 0.228. The average Bonchev–Trinajstić information content (AvgIpc) is 2.82. The van der Waals surface area contributed by atoms with Gasteiger partial charge < -0.3 is 14.2 Å². The van der Waals surface area contributed by atoms with E-state index in [1.165, 1.54) is 18.7 Å². The maximum atomic E-state index is 11.1. The van der Waals surface area contributed by atoms with Gasteiger partial charge >= 0.3 is 5.97 Å². The number of rotatable bonds is 14. The fraction of sp³-hybridized carbons (Fsp3) is 0.444. The first-order valence-electron chi connectivity index (χ1n) is 11.3. The summed E-state index contributed by atoms with van der Waals surface area (Å²) in [6.07, 6.45) is 13.3. The van der Waals surface area contributed by atoms with Crippen molar-refractivity contribution in [2.24, 2.45) is 0 Å². The molecular formula is C27H37NO4. The van der Waals surface area contributed by atoms with Crippen LogP contribution in [-0.4, -0.2) is 56.5 Å². The first kappa shape index (κ1) is 25.8. The molecule has 2 rings (SSSR count). The molecule has 0 saturated heterocycles. The number of esters is 1. The standard InChI is InChI=1S/C27H37NO4/c1-4-10-23(5-2)21-28(22-24-11-7-6-8-12-24)18-20-32-26-16-14-25(15-17-26)31-19-9-13-27(29)30-3/h4-13,25-26H,1-2,14-22H2,3H3/b13-9+,23-10+. The molecule has 5 nitrogen and oxygen atoms in total. The smallest absolute Gasteiger partial charge is 0.330 e. The van der Waals surface area contributed by atoms with E-state index in [-0.39, 0.29) is 18.2 Å². The Labute approximate surface area is 193 Å². The maximum absolute atomic E-state index is 11.1. The topological polar surface area (TPSA) is 48.0 Å². The number of carbonyl (C=O) groups excluding carboxylic acids is 1. The van der Waals surface area contributed by atoms with E-state index in [4.69, 9.17) is 9.47 Å². The monoisotopic (exact) mass is 439 g/mol. The predicted octanol–water partition coefficient (Wildman–Crippen LogP) is 4.86. The quantitative estimate of drug-likeness (QED) is 0.235. The summed E-state index contributed by atoms with van der Waals surface area (Å²) < 4.78 is 16.6. The summed E-state index contributed by atoms with van der Waals surface area (Å²) in [7, 11) is 1.37. The molecule has 0 atom stereocenters. The normalized spacial score (nSPS) is 19.2. The third kappa shape index (κ3) is 10.2. The molecule has 0 aliphatic heterocycles. The molecule has 5 heteroatoms. The number of nitrogens with zero attached hydrogens (tertiary/aromatic N) is 1. The highest BCUT2D eigenvalue weighted by atomic mass is 16.5. The Morgan fingerprint density at radius 1 is 1.09 bits per heavy atom. The zero-order valence-corrected chi connectivity index (χ0v) is 19.3. The van der Waals surface area contributed by atoms with E-state index in [1.807, 2.05) is 18.2 Å². The van der Waals surface area contributed by atoms with Gasteiger partial charge in [-0.1, -0.05) is 67.8 Å². The molecule has 0 bridgehead atoms. The Bertz CT molecular complexity index is 748. The van der Waals surface area contributed by atoms with Crippen molar-refractivity contribution in [3.8, 4) is 0 Å². The summed E-state index contributed by atoms with van der Waals surface area (Å²) in [5.74, 6) is -0.354. The molecule has 0 spiro atoms. The second-order valence-electron chi connectivity index (χ2n) is 7.91. The molecule has 0 amide bonds. The Kier molecular flexibility index (Phi) is 12.4. The number of benzene rings is 1. The van der Waals surface area contributed by atoms with E-state index < -0.39 is 0 Å². The summed E-state index contributed by atoms with van der Waals surface area (Å²) in [6.45, 7) is 11.4. The number of hydrogen-bond donors (Lipinski definition) is 0. The third-order valence-corrected chi connectivity index (χ3v) is 5.51. The van der Waals surface area contributed by atoms with Gasteiger partial charge in [-0.3, -0.25) is 4.90 Å².